The van der Waals surface area contributed by atoms with Crippen molar-refractivity contribution in [3.05, 3.63) is 34.9 Å². The zero-order valence-electron chi connectivity index (χ0n) is 13.4. The van der Waals surface area contributed by atoms with Gasteiger partial charge in [-0.3, -0.25) is 0 Å². The van der Waals surface area contributed by atoms with E-state index in [9.17, 15) is 0 Å². The number of aryl methyl sites for hydroxylation is 2. The predicted molar refractivity (Wildman–Crippen MR) is 87.2 cm³/mol. The maximum Gasteiger partial charge on any atom is 0.0451 e. The summed E-state index contributed by atoms with van der Waals surface area (Å²) in [7, 11) is 0. The van der Waals surface area contributed by atoms with Crippen molar-refractivity contribution in [3.63, 3.8) is 0 Å². The molecule has 0 radical (unpaired) electrons. The van der Waals surface area contributed by atoms with Gasteiger partial charge in [0.25, 0.3) is 0 Å². The molecular weight excluding hydrogens is 244 g/mol. The first-order chi connectivity index (χ1) is 9.70. The molecule has 2 heteroatoms. The lowest BCUT2D eigenvalue weighted by Gasteiger charge is -2.28. The van der Waals surface area contributed by atoms with Gasteiger partial charge in [0.2, 0.25) is 0 Å². The zero-order valence-corrected chi connectivity index (χ0v) is 13.4. The van der Waals surface area contributed by atoms with Crippen LogP contribution in [0.2, 0.25) is 0 Å². The second-order valence-corrected chi connectivity index (χ2v) is 6.19. The summed E-state index contributed by atoms with van der Waals surface area (Å²) in [6.45, 7) is 11.4. The molecule has 1 unspecified atom stereocenters. The van der Waals surface area contributed by atoms with E-state index in [1.807, 2.05) is 0 Å². The maximum atomic E-state index is 3.69. The first kappa shape index (κ1) is 15.5. The van der Waals surface area contributed by atoms with Crippen LogP contribution in [0.3, 0.4) is 0 Å². The summed E-state index contributed by atoms with van der Waals surface area (Å²) in [6, 6.07) is 7.31. The molecule has 0 bridgehead atoms. The van der Waals surface area contributed by atoms with Crippen LogP contribution in [-0.4, -0.2) is 31.1 Å². The van der Waals surface area contributed by atoms with Gasteiger partial charge in [0.1, 0.15) is 0 Å². The highest BCUT2D eigenvalue weighted by molar-refractivity contribution is 5.33. The normalized spacial score (nSPS) is 18.8. The van der Waals surface area contributed by atoms with Gasteiger partial charge in [0, 0.05) is 12.6 Å². The molecule has 1 saturated heterocycles. The summed E-state index contributed by atoms with van der Waals surface area (Å²) >= 11 is 0. The highest BCUT2D eigenvalue weighted by Gasteiger charge is 2.18. The maximum absolute atomic E-state index is 3.69. The molecule has 0 spiro atoms. The Morgan fingerprint density at radius 2 is 1.80 bits per heavy atom. The predicted octanol–water partition coefficient (Wildman–Crippen LogP) is 3.83. The Labute approximate surface area is 124 Å². The summed E-state index contributed by atoms with van der Waals surface area (Å²) < 4.78 is 0. The van der Waals surface area contributed by atoms with E-state index in [1.165, 1.54) is 55.5 Å². The number of hydrogen-bond acceptors (Lipinski definition) is 2. The molecule has 20 heavy (non-hydrogen) atoms. The number of hydrogen-bond donors (Lipinski definition) is 1. The molecule has 1 aliphatic heterocycles. The fourth-order valence-corrected chi connectivity index (χ4v) is 3.23. The topological polar surface area (TPSA) is 15.3 Å². The fourth-order valence-electron chi connectivity index (χ4n) is 3.23. The van der Waals surface area contributed by atoms with Gasteiger partial charge in [-0.05, 0) is 57.5 Å². The lowest BCUT2D eigenvalue weighted by Crippen LogP contribution is -2.36. The van der Waals surface area contributed by atoms with Crippen molar-refractivity contribution in [2.24, 2.45) is 0 Å². The minimum absolute atomic E-state index is 0.470. The number of nitrogens with one attached hydrogen (secondary N) is 1. The smallest absolute Gasteiger partial charge is 0.0451 e. The highest BCUT2D eigenvalue weighted by Crippen LogP contribution is 2.22. The molecule has 1 aliphatic rings. The van der Waals surface area contributed by atoms with Gasteiger partial charge in [0.05, 0.1) is 0 Å². The SMILES string of the molecule is CCNC(CN1CCCCCC1)c1cc(C)ccc1C. The van der Waals surface area contributed by atoms with Gasteiger partial charge in [-0.15, -0.1) is 0 Å². The van der Waals surface area contributed by atoms with Crippen molar-refractivity contribution in [2.45, 2.75) is 52.5 Å². The van der Waals surface area contributed by atoms with E-state index in [4.69, 9.17) is 0 Å². The Morgan fingerprint density at radius 3 is 2.45 bits per heavy atom. The van der Waals surface area contributed by atoms with Crippen LogP contribution >= 0.6 is 0 Å². The number of likely N-dealkylation sites (tertiary alicyclic amines) is 1. The van der Waals surface area contributed by atoms with E-state index in [2.05, 4.69) is 49.2 Å². The van der Waals surface area contributed by atoms with E-state index in [0.29, 0.717) is 6.04 Å². The van der Waals surface area contributed by atoms with E-state index in [-0.39, 0.29) is 0 Å². The Balaban J connectivity index is 2.10. The lowest BCUT2D eigenvalue weighted by molar-refractivity contribution is 0.252. The standard InChI is InChI=1S/C18H30N2/c1-4-19-18(14-20-11-7-5-6-8-12-20)17-13-15(2)9-10-16(17)3/h9-10,13,18-19H,4-8,11-12,14H2,1-3H3. The van der Waals surface area contributed by atoms with E-state index in [1.54, 1.807) is 0 Å². The summed E-state index contributed by atoms with van der Waals surface area (Å²) in [4.78, 5) is 2.65. The Kier molecular flexibility index (Phi) is 6.06. The van der Waals surface area contributed by atoms with Gasteiger partial charge in [0.15, 0.2) is 0 Å². The van der Waals surface area contributed by atoms with Crippen molar-refractivity contribution in [2.75, 3.05) is 26.2 Å². The van der Waals surface area contributed by atoms with Crippen LogP contribution in [0.4, 0.5) is 0 Å². The van der Waals surface area contributed by atoms with Crippen molar-refractivity contribution < 1.29 is 0 Å². The minimum Gasteiger partial charge on any atom is -0.309 e. The molecule has 112 valence electrons. The summed E-state index contributed by atoms with van der Waals surface area (Å²) in [5.41, 5.74) is 4.26. The van der Waals surface area contributed by atoms with Crippen LogP contribution in [0.25, 0.3) is 0 Å². The van der Waals surface area contributed by atoms with Gasteiger partial charge in [-0.1, -0.05) is 43.5 Å². The molecule has 1 aromatic carbocycles. The van der Waals surface area contributed by atoms with Crippen molar-refractivity contribution in [1.82, 2.24) is 10.2 Å². The third-order valence-corrected chi connectivity index (χ3v) is 4.40. The Morgan fingerprint density at radius 1 is 1.10 bits per heavy atom. The van der Waals surface area contributed by atoms with Crippen LogP contribution in [0.1, 0.15) is 55.3 Å². The van der Waals surface area contributed by atoms with Crippen LogP contribution in [-0.2, 0) is 0 Å². The molecule has 0 amide bonds. The number of benzene rings is 1. The van der Waals surface area contributed by atoms with E-state index in [0.717, 1.165) is 13.1 Å². The Bertz CT molecular complexity index is 406. The monoisotopic (exact) mass is 274 g/mol. The summed E-state index contributed by atoms with van der Waals surface area (Å²) in [5, 5.41) is 3.69. The van der Waals surface area contributed by atoms with Gasteiger partial charge < -0.3 is 10.2 Å². The van der Waals surface area contributed by atoms with Gasteiger partial charge >= 0.3 is 0 Å². The van der Waals surface area contributed by atoms with Crippen LogP contribution < -0.4 is 5.32 Å². The van der Waals surface area contributed by atoms with Gasteiger partial charge in [-0.25, -0.2) is 0 Å². The molecule has 0 saturated carbocycles. The quantitative estimate of drug-likeness (QED) is 0.878. The molecule has 1 heterocycles. The lowest BCUT2D eigenvalue weighted by atomic mass is 9.98. The Hall–Kier alpha value is -0.860. The van der Waals surface area contributed by atoms with Crippen molar-refractivity contribution >= 4 is 0 Å². The summed E-state index contributed by atoms with van der Waals surface area (Å²) in [5.74, 6) is 0. The van der Waals surface area contributed by atoms with E-state index < -0.39 is 0 Å². The molecule has 2 rings (SSSR count). The molecular formula is C18H30N2. The number of nitrogens with zero attached hydrogens (tertiary/aromatic N) is 1. The first-order valence-corrected chi connectivity index (χ1v) is 8.23. The van der Waals surface area contributed by atoms with Crippen LogP contribution in [0.15, 0.2) is 18.2 Å². The molecule has 2 nitrogen and oxygen atoms in total. The largest absolute Gasteiger partial charge is 0.309 e. The number of likely N-dealkylation sites (N-methyl/N-ethyl adjacent to an activating group) is 1. The molecule has 1 aromatic rings. The molecule has 0 aromatic heterocycles. The van der Waals surface area contributed by atoms with Crippen LogP contribution in [0, 0.1) is 13.8 Å². The third kappa shape index (κ3) is 4.32. The fraction of sp³-hybridized carbons (Fsp3) is 0.667. The first-order valence-electron chi connectivity index (χ1n) is 8.23. The average molecular weight is 274 g/mol. The molecule has 1 fully saturated rings. The van der Waals surface area contributed by atoms with E-state index >= 15 is 0 Å². The molecule has 1 N–H and O–H groups in total. The molecule has 0 aliphatic carbocycles. The number of rotatable bonds is 5. The second-order valence-electron chi connectivity index (χ2n) is 6.19. The second kappa shape index (κ2) is 7.80. The molecule has 1 atom stereocenters. The van der Waals surface area contributed by atoms with Gasteiger partial charge in [-0.2, -0.15) is 0 Å². The van der Waals surface area contributed by atoms with Crippen LogP contribution in [0.5, 0.6) is 0 Å². The minimum atomic E-state index is 0.470. The van der Waals surface area contributed by atoms with Crippen molar-refractivity contribution in [1.29, 1.82) is 0 Å². The summed E-state index contributed by atoms with van der Waals surface area (Å²) in [6.07, 6.45) is 5.55. The third-order valence-electron chi connectivity index (χ3n) is 4.40. The van der Waals surface area contributed by atoms with Crippen molar-refractivity contribution in [3.8, 4) is 0 Å². The zero-order chi connectivity index (χ0) is 14.4. The average Bonchev–Trinajstić information content (AvgIpc) is 2.70. The highest BCUT2D eigenvalue weighted by atomic mass is 15.1.